The van der Waals surface area contributed by atoms with E-state index in [1.54, 1.807) is 21.6 Å². The first-order chi connectivity index (χ1) is 15.4. The Balaban J connectivity index is 1.65. The Morgan fingerprint density at radius 2 is 2.09 bits per heavy atom. The number of aromatic nitrogens is 2. The minimum absolute atomic E-state index is 0.0359. The largest absolute Gasteiger partial charge is 0.376 e. The first-order valence-corrected chi connectivity index (χ1v) is 12.6. The normalized spacial score (nSPS) is 18.6. The molecule has 1 aliphatic carbocycles. The van der Waals surface area contributed by atoms with Crippen LogP contribution in [0.1, 0.15) is 36.9 Å². The lowest BCUT2D eigenvalue weighted by atomic mass is 10.2. The SMILES string of the molecule is C=CCN(Cc1cnc(S(=O)(=O)Cc2ccccc2F)n1C[C@H]1CCCO1)C(=O)C1CC1. The van der Waals surface area contributed by atoms with Crippen molar-refractivity contribution in [3.63, 3.8) is 0 Å². The van der Waals surface area contributed by atoms with Crippen molar-refractivity contribution in [3.05, 3.63) is 60.2 Å². The van der Waals surface area contributed by atoms with Crippen molar-refractivity contribution in [1.82, 2.24) is 14.5 Å². The molecule has 2 aliphatic rings. The molecule has 1 atom stereocenters. The summed E-state index contributed by atoms with van der Waals surface area (Å²) >= 11 is 0. The van der Waals surface area contributed by atoms with Crippen LogP contribution in [0.2, 0.25) is 0 Å². The van der Waals surface area contributed by atoms with Gasteiger partial charge in [0.05, 0.1) is 36.8 Å². The summed E-state index contributed by atoms with van der Waals surface area (Å²) in [4.78, 5) is 18.6. The summed E-state index contributed by atoms with van der Waals surface area (Å²) in [6.07, 6.45) is 6.53. The molecule has 0 spiro atoms. The second-order valence-electron chi connectivity index (χ2n) is 8.41. The predicted molar refractivity (Wildman–Crippen MR) is 117 cm³/mol. The maximum atomic E-state index is 14.1. The monoisotopic (exact) mass is 461 g/mol. The fourth-order valence-corrected chi connectivity index (χ4v) is 5.52. The molecule has 7 nitrogen and oxygen atoms in total. The molecule has 0 radical (unpaired) electrons. The molecule has 1 saturated carbocycles. The highest BCUT2D eigenvalue weighted by Gasteiger charge is 2.34. The van der Waals surface area contributed by atoms with E-state index in [0.717, 1.165) is 25.7 Å². The van der Waals surface area contributed by atoms with E-state index < -0.39 is 21.4 Å². The standard InChI is InChI=1S/C23H28FN3O4S/c1-2-11-26(22(28)17-9-10-17)14-19-13-25-23(27(19)15-20-7-5-12-31-20)32(29,30)16-18-6-3-4-8-21(18)24/h2-4,6,8,13,17,20H,1,5,7,9-12,14-16H2/t20-/m1/s1. The highest BCUT2D eigenvalue weighted by atomic mass is 32.2. The zero-order chi connectivity index (χ0) is 22.7. The lowest BCUT2D eigenvalue weighted by Crippen LogP contribution is -2.33. The fourth-order valence-electron chi connectivity index (χ4n) is 4.01. The van der Waals surface area contributed by atoms with Gasteiger partial charge in [0, 0.05) is 24.6 Å². The molecule has 2 fully saturated rings. The lowest BCUT2D eigenvalue weighted by molar-refractivity contribution is -0.132. The number of amides is 1. The topological polar surface area (TPSA) is 81.5 Å². The van der Waals surface area contributed by atoms with Crippen molar-refractivity contribution in [3.8, 4) is 0 Å². The Morgan fingerprint density at radius 3 is 2.75 bits per heavy atom. The van der Waals surface area contributed by atoms with Gasteiger partial charge in [-0.1, -0.05) is 24.3 Å². The molecule has 0 N–H and O–H groups in total. The van der Waals surface area contributed by atoms with Gasteiger partial charge in [0.15, 0.2) is 0 Å². The van der Waals surface area contributed by atoms with Crippen LogP contribution in [-0.4, -0.2) is 48.0 Å². The van der Waals surface area contributed by atoms with E-state index in [-0.39, 0.29) is 35.2 Å². The molecule has 1 saturated heterocycles. The maximum absolute atomic E-state index is 14.1. The van der Waals surface area contributed by atoms with E-state index in [1.165, 1.54) is 24.4 Å². The minimum atomic E-state index is -3.93. The van der Waals surface area contributed by atoms with Crippen LogP contribution in [0.15, 0.2) is 48.3 Å². The molecule has 1 aromatic carbocycles. The average molecular weight is 462 g/mol. The number of halogens is 1. The fraction of sp³-hybridized carbons (Fsp3) is 0.478. The van der Waals surface area contributed by atoms with Crippen molar-refractivity contribution < 1.29 is 22.3 Å². The third-order valence-corrected chi connectivity index (χ3v) is 7.41. The number of ether oxygens (including phenoxy) is 1. The summed E-state index contributed by atoms with van der Waals surface area (Å²) in [5.74, 6) is -0.973. The molecule has 2 aromatic rings. The minimum Gasteiger partial charge on any atom is -0.376 e. The van der Waals surface area contributed by atoms with Gasteiger partial charge in [-0.15, -0.1) is 6.58 Å². The molecule has 32 heavy (non-hydrogen) atoms. The van der Waals surface area contributed by atoms with Gasteiger partial charge < -0.3 is 14.2 Å². The molecular formula is C23H28FN3O4S. The van der Waals surface area contributed by atoms with E-state index >= 15 is 0 Å². The van der Waals surface area contributed by atoms with Crippen LogP contribution in [0, 0.1) is 11.7 Å². The van der Waals surface area contributed by atoms with E-state index in [1.807, 2.05) is 0 Å². The van der Waals surface area contributed by atoms with E-state index in [0.29, 0.717) is 25.4 Å². The van der Waals surface area contributed by atoms with Crippen LogP contribution in [0.4, 0.5) is 4.39 Å². The van der Waals surface area contributed by atoms with Gasteiger partial charge in [0.25, 0.3) is 0 Å². The number of hydrogen-bond donors (Lipinski definition) is 0. The molecule has 4 rings (SSSR count). The lowest BCUT2D eigenvalue weighted by Gasteiger charge is -2.23. The molecule has 1 aromatic heterocycles. The molecular weight excluding hydrogens is 433 g/mol. The summed E-state index contributed by atoms with van der Waals surface area (Å²) in [6, 6.07) is 5.83. The Morgan fingerprint density at radius 1 is 1.31 bits per heavy atom. The Kier molecular flexibility index (Phi) is 6.76. The Hall–Kier alpha value is -2.52. The number of carbonyl (C=O) groups is 1. The highest BCUT2D eigenvalue weighted by molar-refractivity contribution is 7.90. The van der Waals surface area contributed by atoms with Crippen LogP contribution >= 0.6 is 0 Å². The second kappa shape index (κ2) is 9.54. The average Bonchev–Trinajstić information content (AvgIpc) is 3.34. The molecule has 0 unspecified atom stereocenters. The Bertz CT molecular complexity index is 1090. The van der Waals surface area contributed by atoms with Crippen molar-refractivity contribution in [1.29, 1.82) is 0 Å². The van der Waals surface area contributed by atoms with E-state index in [4.69, 9.17) is 4.74 Å². The number of rotatable bonds is 10. The van der Waals surface area contributed by atoms with Crippen molar-refractivity contribution in [2.45, 2.75) is 55.8 Å². The summed E-state index contributed by atoms with van der Waals surface area (Å²) in [5, 5.41) is -0.122. The van der Waals surface area contributed by atoms with Gasteiger partial charge in [0.1, 0.15) is 5.82 Å². The number of imidazole rings is 1. The number of nitrogens with zero attached hydrogens (tertiary/aromatic N) is 3. The summed E-state index contributed by atoms with van der Waals surface area (Å²) in [5.41, 5.74) is 0.710. The quantitative estimate of drug-likeness (QED) is 0.508. The van der Waals surface area contributed by atoms with Crippen LogP contribution in [0.5, 0.6) is 0 Å². The predicted octanol–water partition coefficient (Wildman–Crippen LogP) is 3.10. The first-order valence-electron chi connectivity index (χ1n) is 10.9. The van der Waals surface area contributed by atoms with Crippen LogP contribution in [-0.2, 0) is 38.2 Å². The highest BCUT2D eigenvalue weighted by Crippen LogP contribution is 2.32. The zero-order valence-corrected chi connectivity index (χ0v) is 18.8. The summed E-state index contributed by atoms with van der Waals surface area (Å²) in [7, 11) is -3.93. The van der Waals surface area contributed by atoms with Gasteiger partial charge in [-0.25, -0.2) is 17.8 Å². The van der Waals surface area contributed by atoms with Crippen molar-refractivity contribution in [2.24, 2.45) is 5.92 Å². The van der Waals surface area contributed by atoms with Gasteiger partial charge in [-0.05, 0) is 31.7 Å². The van der Waals surface area contributed by atoms with Crippen molar-refractivity contribution >= 4 is 15.7 Å². The molecule has 1 aliphatic heterocycles. The number of hydrogen-bond acceptors (Lipinski definition) is 5. The van der Waals surface area contributed by atoms with Crippen molar-refractivity contribution in [2.75, 3.05) is 13.2 Å². The second-order valence-corrected chi connectivity index (χ2v) is 10.3. The Labute approximate surface area is 187 Å². The van der Waals surface area contributed by atoms with E-state index in [2.05, 4.69) is 11.6 Å². The molecule has 2 heterocycles. The molecule has 1 amide bonds. The van der Waals surface area contributed by atoms with Gasteiger partial charge in [-0.2, -0.15) is 0 Å². The smallest absolute Gasteiger partial charge is 0.228 e. The molecule has 9 heteroatoms. The van der Waals surface area contributed by atoms with Crippen LogP contribution < -0.4 is 0 Å². The van der Waals surface area contributed by atoms with Gasteiger partial charge in [0.2, 0.25) is 20.9 Å². The first kappa shape index (κ1) is 22.7. The third-order valence-electron chi connectivity index (χ3n) is 5.83. The van der Waals surface area contributed by atoms with Crippen LogP contribution in [0.25, 0.3) is 0 Å². The number of sulfone groups is 1. The van der Waals surface area contributed by atoms with Gasteiger partial charge >= 0.3 is 0 Å². The maximum Gasteiger partial charge on any atom is 0.228 e. The van der Waals surface area contributed by atoms with Crippen LogP contribution in [0.3, 0.4) is 0 Å². The number of benzene rings is 1. The summed E-state index contributed by atoms with van der Waals surface area (Å²) in [6.45, 7) is 5.30. The zero-order valence-electron chi connectivity index (χ0n) is 18.0. The van der Waals surface area contributed by atoms with Gasteiger partial charge in [-0.3, -0.25) is 4.79 Å². The van der Waals surface area contributed by atoms with E-state index in [9.17, 15) is 17.6 Å². The third kappa shape index (κ3) is 5.10. The summed E-state index contributed by atoms with van der Waals surface area (Å²) < 4.78 is 48.0. The molecule has 172 valence electrons. The molecule has 0 bridgehead atoms. The number of carbonyl (C=O) groups excluding carboxylic acids is 1.